The van der Waals surface area contributed by atoms with Crippen LogP contribution in [-0.4, -0.2) is 41.2 Å². The summed E-state index contributed by atoms with van der Waals surface area (Å²) in [7, 11) is -2.25. The number of hydrogen-bond acceptors (Lipinski definition) is 5. The first-order valence-electron chi connectivity index (χ1n) is 9.65. The average Bonchev–Trinajstić information content (AvgIpc) is 3.22. The molecule has 2 aliphatic carbocycles. The Balaban J connectivity index is 0.000000358. The van der Waals surface area contributed by atoms with Gasteiger partial charge in [0.05, 0.1) is 6.61 Å². The van der Waals surface area contributed by atoms with Gasteiger partial charge in [-0.1, -0.05) is 32.3 Å². The van der Waals surface area contributed by atoms with Crippen LogP contribution in [0.15, 0.2) is 12.7 Å². The zero-order valence-corrected chi connectivity index (χ0v) is 17.8. The molecule has 0 unspecified atom stereocenters. The van der Waals surface area contributed by atoms with Crippen LogP contribution in [-0.2, 0) is 22.8 Å². The predicted molar refractivity (Wildman–Crippen MR) is 103 cm³/mol. The molecule has 0 amide bonds. The molecule has 148 valence electrons. The van der Waals surface area contributed by atoms with Crippen LogP contribution in [0.4, 0.5) is 0 Å². The highest BCUT2D eigenvalue weighted by molar-refractivity contribution is 6.59. The van der Waals surface area contributed by atoms with Gasteiger partial charge in [0.15, 0.2) is 0 Å². The third-order valence-electron chi connectivity index (χ3n) is 4.31. The summed E-state index contributed by atoms with van der Waals surface area (Å²) < 4.78 is 20.6. The molecule has 0 N–H and O–H groups in total. The highest BCUT2D eigenvalue weighted by Crippen LogP contribution is 2.43. The Morgan fingerprint density at radius 1 is 0.920 bits per heavy atom. The van der Waals surface area contributed by atoms with Gasteiger partial charge in [0.1, 0.15) is 0 Å². The van der Waals surface area contributed by atoms with Crippen molar-refractivity contribution in [2.24, 2.45) is 11.8 Å². The van der Waals surface area contributed by atoms with Crippen molar-refractivity contribution < 1.29 is 22.8 Å². The van der Waals surface area contributed by atoms with E-state index in [1.165, 1.54) is 11.8 Å². The first kappa shape index (κ1) is 24.3. The lowest BCUT2D eigenvalue weighted by Gasteiger charge is -2.23. The Morgan fingerprint density at radius 2 is 1.32 bits per heavy atom. The molecule has 2 fully saturated rings. The predicted octanol–water partition coefficient (Wildman–Crippen LogP) is 4.60. The summed E-state index contributed by atoms with van der Waals surface area (Å²) in [5.41, 5.74) is 0. The molecule has 0 atom stereocenters. The van der Waals surface area contributed by atoms with Gasteiger partial charge in [0, 0.05) is 32.4 Å². The first-order chi connectivity index (χ1) is 11.9. The molecule has 0 radical (unpaired) electrons. The van der Waals surface area contributed by atoms with Crippen molar-refractivity contribution in [3.63, 3.8) is 0 Å². The third-order valence-corrected chi connectivity index (χ3v) is 6.74. The van der Waals surface area contributed by atoms with Crippen LogP contribution >= 0.6 is 0 Å². The van der Waals surface area contributed by atoms with E-state index in [0.29, 0.717) is 26.4 Å². The standard InChI is InChI=1S/C7H18O3Si.C7H12.C5H8O2/c1-5-8-11(4,9-6-2)10-7-3;1-2-7-4-3-6(1)5-7;1-3-5(6)7-4-2/h5-7H2,1-4H3;6-7H,1-5H2;3H,1,4H2,2H3. The minimum atomic E-state index is -2.25. The Morgan fingerprint density at radius 3 is 1.48 bits per heavy atom. The van der Waals surface area contributed by atoms with Crippen molar-refractivity contribution in [2.75, 3.05) is 26.4 Å². The minimum absolute atomic E-state index is 0.359. The number of carbonyl (C=O) groups is 1. The zero-order valence-electron chi connectivity index (χ0n) is 16.8. The maximum absolute atomic E-state index is 10.1. The van der Waals surface area contributed by atoms with Crippen LogP contribution < -0.4 is 0 Å². The summed E-state index contributed by atoms with van der Waals surface area (Å²) in [5.74, 6) is 1.98. The summed E-state index contributed by atoms with van der Waals surface area (Å²) in [6.07, 6.45) is 8.97. The van der Waals surface area contributed by atoms with Crippen LogP contribution in [0, 0.1) is 11.8 Å². The molecule has 0 saturated heterocycles. The fourth-order valence-electron chi connectivity index (χ4n) is 3.29. The lowest BCUT2D eigenvalue weighted by atomic mass is 10.0. The SMILES string of the molecule is C1CC2CCC1C2.C=CC(=O)OCC.CCO[Si](C)(OCC)OCC. The number of ether oxygens (including phenoxy) is 1. The van der Waals surface area contributed by atoms with E-state index < -0.39 is 8.80 Å². The molecule has 0 heterocycles. The third kappa shape index (κ3) is 11.5. The molecule has 0 aromatic rings. The van der Waals surface area contributed by atoms with Crippen LogP contribution in [0.25, 0.3) is 0 Å². The maximum atomic E-state index is 10.1. The summed E-state index contributed by atoms with van der Waals surface area (Å²) >= 11 is 0. The van der Waals surface area contributed by atoms with Crippen LogP contribution in [0.3, 0.4) is 0 Å². The second kappa shape index (κ2) is 14.5. The van der Waals surface area contributed by atoms with E-state index in [1.807, 2.05) is 27.3 Å². The average molecular weight is 375 g/mol. The Bertz CT molecular complexity index is 327. The Hall–Kier alpha value is -0.693. The van der Waals surface area contributed by atoms with Gasteiger partial charge >= 0.3 is 14.8 Å². The Labute approximate surface area is 155 Å². The monoisotopic (exact) mass is 374 g/mol. The molecular weight excluding hydrogens is 336 g/mol. The van der Waals surface area contributed by atoms with Crippen LogP contribution in [0.1, 0.15) is 59.8 Å². The smallest absolute Gasteiger partial charge is 0.463 e. The van der Waals surface area contributed by atoms with Gasteiger partial charge in [0.2, 0.25) is 0 Å². The van der Waals surface area contributed by atoms with E-state index in [-0.39, 0.29) is 5.97 Å². The van der Waals surface area contributed by atoms with Gasteiger partial charge in [-0.25, -0.2) is 4.79 Å². The van der Waals surface area contributed by atoms with Gasteiger partial charge < -0.3 is 18.0 Å². The first-order valence-corrected chi connectivity index (χ1v) is 11.9. The van der Waals surface area contributed by atoms with Gasteiger partial charge in [-0.2, -0.15) is 0 Å². The van der Waals surface area contributed by atoms with Crippen LogP contribution in [0.2, 0.25) is 6.55 Å². The van der Waals surface area contributed by atoms with Crippen molar-refractivity contribution >= 4 is 14.8 Å². The molecular formula is C19H38O5Si. The zero-order chi connectivity index (χ0) is 19.1. The fourth-order valence-corrected chi connectivity index (χ4v) is 5.11. The summed E-state index contributed by atoms with van der Waals surface area (Å²) in [6, 6.07) is 0. The van der Waals surface area contributed by atoms with Crippen LogP contribution in [0.5, 0.6) is 0 Å². The number of esters is 1. The number of rotatable bonds is 8. The molecule has 6 heteroatoms. The summed E-state index contributed by atoms with van der Waals surface area (Å²) in [4.78, 5) is 10.1. The quantitative estimate of drug-likeness (QED) is 0.353. The second-order valence-electron chi connectivity index (χ2n) is 6.24. The van der Waals surface area contributed by atoms with E-state index in [1.54, 1.807) is 39.0 Å². The second-order valence-corrected chi connectivity index (χ2v) is 8.83. The number of fused-ring (bicyclic) bond motifs is 2. The van der Waals surface area contributed by atoms with Gasteiger partial charge in [-0.15, -0.1) is 0 Å². The maximum Gasteiger partial charge on any atom is 0.497 e. The molecule has 25 heavy (non-hydrogen) atoms. The lowest BCUT2D eigenvalue weighted by Crippen LogP contribution is -2.42. The van der Waals surface area contributed by atoms with E-state index >= 15 is 0 Å². The number of carbonyl (C=O) groups excluding carboxylic acids is 1. The molecule has 2 bridgehead atoms. The topological polar surface area (TPSA) is 54.0 Å². The Kier molecular flexibility index (Phi) is 14.1. The van der Waals surface area contributed by atoms with E-state index in [0.717, 1.165) is 6.08 Å². The molecule has 5 nitrogen and oxygen atoms in total. The highest BCUT2D eigenvalue weighted by atomic mass is 28.4. The van der Waals surface area contributed by atoms with E-state index in [4.69, 9.17) is 13.3 Å². The van der Waals surface area contributed by atoms with Crippen molar-refractivity contribution in [3.8, 4) is 0 Å². The molecule has 2 aliphatic rings. The van der Waals surface area contributed by atoms with E-state index in [9.17, 15) is 4.79 Å². The van der Waals surface area contributed by atoms with Gasteiger partial charge in [-0.3, -0.25) is 0 Å². The summed E-state index contributed by atoms with van der Waals surface area (Å²) in [6.45, 7) is 15.1. The van der Waals surface area contributed by atoms with Gasteiger partial charge in [-0.05, 0) is 46.0 Å². The van der Waals surface area contributed by atoms with Crippen molar-refractivity contribution in [1.82, 2.24) is 0 Å². The van der Waals surface area contributed by atoms with Crippen molar-refractivity contribution in [1.29, 1.82) is 0 Å². The molecule has 2 saturated carbocycles. The van der Waals surface area contributed by atoms with E-state index in [2.05, 4.69) is 11.3 Å². The molecule has 2 rings (SSSR count). The van der Waals surface area contributed by atoms with Crippen molar-refractivity contribution in [2.45, 2.75) is 66.3 Å². The largest absolute Gasteiger partial charge is 0.497 e. The molecule has 0 aromatic carbocycles. The molecule has 0 aliphatic heterocycles. The molecule has 0 spiro atoms. The van der Waals surface area contributed by atoms with Gasteiger partial charge in [0.25, 0.3) is 0 Å². The fraction of sp³-hybridized carbons (Fsp3) is 0.842. The number of hydrogen-bond donors (Lipinski definition) is 0. The normalized spacial score (nSPS) is 20.8. The molecule has 0 aromatic heterocycles. The summed E-state index contributed by atoms with van der Waals surface area (Å²) in [5, 5.41) is 0. The highest BCUT2D eigenvalue weighted by Gasteiger charge is 2.33. The van der Waals surface area contributed by atoms with Crippen molar-refractivity contribution in [3.05, 3.63) is 12.7 Å². The minimum Gasteiger partial charge on any atom is -0.463 e. The lowest BCUT2D eigenvalue weighted by molar-refractivity contribution is -0.137.